The van der Waals surface area contributed by atoms with Crippen molar-refractivity contribution in [1.82, 2.24) is 9.59 Å². The number of nitrogens with zero attached hydrogens (tertiary/aromatic N) is 2. The lowest BCUT2D eigenvalue weighted by atomic mass is 10.4. The molecule has 0 aliphatic rings. The molecule has 0 saturated carbocycles. The highest BCUT2D eigenvalue weighted by molar-refractivity contribution is 7.88. The summed E-state index contributed by atoms with van der Waals surface area (Å²) >= 11 is 1.99. The molecule has 0 saturated heterocycles. The van der Waals surface area contributed by atoms with E-state index in [1.165, 1.54) is 12.1 Å². The molecule has 0 aliphatic heterocycles. The van der Waals surface area contributed by atoms with Crippen LogP contribution in [0.25, 0.3) is 10.6 Å². The zero-order valence-corrected chi connectivity index (χ0v) is 9.00. The van der Waals surface area contributed by atoms with Crippen LogP contribution in [0.4, 0.5) is 3.89 Å². The molecular formula is C6H3FN2O2S3. The van der Waals surface area contributed by atoms with E-state index in [1.807, 2.05) is 0 Å². The van der Waals surface area contributed by atoms with Crippen LogP contribution in [-0.4, -0.2) is 18.0 Å². The second-order valence-corrected chi connectivity index (χ2v) is 5.61. The quantitative estimate of drug-likeness (QED) is 0.764. The third kappa shape index (κ3) is 1.81. The van der Waals surface area contributed by atoms with E-state index >= 15 is 0 Å². The van der Waals surface area contributed by atoms with Crippen LogP contribution < -0.4 is 0 Å². The molecule has 4 nitrogen and oxygen atoms in total. The SMILES string of the molecule is O=S(=O)(F)c1ccc(-c2csnn2)s1. The van der Waals surface area contributed by atoms with E-state index in [0.717, 1.165) is 22.9 Å². The number of halogens is 1. The predicted octanol–water partition coefficient (Wildman–Crippen LogP) is 1.92. The molecule has 2 aromatic rings. The monoisotopic (exact) mass is 250 g/mol. The maximum Gasteiger partial charge on any atom is 0.341 e. The second-order valence-electron chi connectivity index (χ2n) is 2.35. The molecule has 0 N–H and O–H groups in total. The Morgan fingerprint density at radius 3 is 2.64 bits per heavy atom. The summed E-state index contributed by atoms with van der Waals surface area (Å²) in [7, 11) is -4.60. The van der Waals surface area contributed by atoms with Crippen LogP contribution in [0.5, 0.6) is 0 Å². The molecule has 0 aliphatic carbocycles. The zero-order valence-electron chi connectivity index (χ0n) is 6.55. The standard InChI is InChI=1S/C6H3FN2O2S3/c7-14(10,11)6-2-1-5(13-6)4-3-12-9-8-4/h1-3H. The summed E-state index contributed by atoms with van der Waals surface area (Å²) in [6.07, 6.45) is 0. The molecule has 0 spiro atoms. The molecule has 2 aromatic heterocycles. The minimum atomic E-state index is -4.60. The number of thiophene rings is 1. The lowest BCUT2D eigenvalue weighted by Gasteiger charge is -1.85. The molecule has 0 amide bonds. The molecule has 14 heavy (non-hydrogen) atoms. The summed E-state index contributed by atoms with van der Waals surface area (Å²) in [6.45, 7) is 0. The Balaban J connectivity index is 2.46. The van der Waals surface area contributed by atoms with Gasteiger partial charge in [-0.2, -0.15) is 8.42 Å². The number of hydrogen-bond donors (Lipinski definition) is 0. The van der Waals surface area contributed by atoms with E-state index < -0.39 is 10.2 Å². The van der Waals surface area contributed by atoms with Crippen LogP contribution in [-0.2, 0) is 10.2 Å². The predicted molar refractivity (Wildman–Crippen MR) is 51.5 cm³/mol. The van der Waals surface area contributed by atoms with Gasteiger partial charge >= 0.3 is 10.2 Å². The summed E-state index contributed by atoms with van der Waals surface area (Å²) in [4.78, 5) is 0.593. The highest BCUT2D eigenvalue weighted by Crippen LogP contribution is 2.30. The molecule has 0 unspecified atom stereocenters. The third-order valence-electron chi connectivity index (χ3n) is 1.43. The Morgan fingerprint density at radius 2 is 2.14 bits per heavy atom. The van der Waals surface area contributed by atoms with Crippen LogP contribution in [0, 0.1) is 0 Å². The van der Waals surface area contributed by atoms with Crippen LogP contribution >= 0.6 is 22.9 Å². The average Bonchev–Trinajstić information content (AvgIpc) is 2.73. The van der Waals surface area contributed by atoms with Gasteiger partial charge in [0, 0.05) is 5.38 Å². The fraction of sp³-hybridized carbons (Fsp3) is 0. The largest absolute Gasteiger partial charge is 0.341 e. The topological polar surface area (TPSA) is 59.9 Å². The first-order valence-electron chi connectivity index (χ1n) is 3.39. The van der Waals surface area contributed by atoms with E-state index in [0.29, 0.717) is 10.6 Å². The molecule has 0 aromatic carbocycles. The van der Waals surface area contributed by atoms with E-state index in [-0.39, 0.29) is 4.21 Å². The number of aromatic nitrogens is 2. The number of hydrogen-bond acceptors (Lipinski definition) is 6. The lowest BCUT2D eigenvalue weighted by Crippen LogP contribution is -1.85. The van der Waals surface area contributed by atoms with Crippen LogP contribution in [0.3, 0.4) is 0 Å². The maximum atomic E-state index is 12.5. The highest BCUT2D eigenvalue weighted by Gasteiger charge is 2.16. The van der Waals surface area contributed by atoms with Crippen molar-refractivity contribution in [3.63, 3.8) is 0 Å². The van der Waals surface area contributed by atoms with Crippen molar-refractivity contribution >= 4 is 33.1 Å². The molecule has 0 atom stereocenters. The van der Waals surface area contributed by atoms with Gasteiger partial charge in [-0.05, 0) is 23.7 Å². The van der Waals surface area contributed by atoms with Gasteiger partial charge in [0.05, 0.1) is 4.88 Å². The fourth-order valence-electron chi connectivity index (χ4n) is 0.861. The first-order chi connectivity index (χ1) is 6.57. The third-order valence-corrected chi connectivity index (χ3v) is 4.31. The molecule has 0 radical (unpaired) electrons. The van der Waals surface area contributed by atoms with Gasteiger partial charge in [-0.1, -0.05) is 8.37 Å². The van der Waals surface area contributed by atoms with E-state index in [2.05, 4.69) is 9.59 Å². The van der Waals surface area contributed by atoms with Crippen molar-refractivity contribution in [2.45, 2.75) is 4.21 Å². The van der Waals surface area contributed by atoms with Gasteiger partial charge in [-0.25, -0.2) is 0 Å². The van der Waals surface area contributed by atoms with Gasteiger partial charge in [0.2, 0.25) is 0 Å². The molecular weight excluding hydrogens is 247 g/mol. The summed E-state index contributed by atoms with van der Waals surface area (Å²) in [5, 5.41) is 5.41. The number of rotatable bonds is 2. The van der Waals surface area contributed by atoms with Crippen molar-refractivity contribution in [3.05, 3.63) is 17.5 Å². The second kappa shape index (κ2) is 3.37. The maximum absolute atomic E-state index is 12.5. The zero-order chi connectivity index (χ0) is 10.2. The van der Waals surface area contributed by atoms with Crippen molar-refractivity contribution in [1.29, 1.82) is 0 Å². The minimum Gasteiger partial charge on any atom is -0.188 e. The lowest BCUT2D eigenvalue weighted by molar-refractivity contribution is 0.554. The smallest absolute Gasteiger partial charge is 0.188 e. The molecule has 8 heteroatoms. The molecule has 2 heterocycles. The van der Waals surface area contributed by atoms with Crippen molar-refractivity contribution in [2.24, 2.45) is 0 Å². The van der Waals surface area contributed by atoms with Crippen LogP contribution in [0.1, 0.15) is 0 Å². The van der Waals surface area contributed by atoms with Gasteiger partial charge in [-0.3, -0.25) is 0 Å². The summed E-state index contributed by atoms with van der Waals surface area (Å²) in [6, 6.07) is 2.72. The van der Waals surface area contributed by atoms with Gasteiger partial charge < -0.3 is 0 Å². The van der Waals surface area contributed by atoms with E-state index in [4.69, 9.17) is 0 Å². The van der Waals surface area contributed by atoms with Crippen molar-refractivity contribution in [3.8, 4) is 10.6 Å². The average molecular weight is 250 g/mol. The molecule has 2 rings (SSSR count). The minimum absolute atomic E-state index is 0.305. The Labute approximate surface area is 87.4 Å². The first kappa shape index (κ1) is 9.69. The summed E-state index contributed by atoms with van der Waals surface area (Å²) < 4.78 is 36.9. The van der Waals surface area contributed by atoms with Crippen molar-refractivity contribution < 1.29 is 12.3 Å². The van der Waals surface area contributed by atoms with Crippen LogP contribution in [0.15, 0.2) is 21.7 Å². The van der Waals surface area contributed by atoms with E-state index in [1.54, 1.807) is 5.38 Å². The normalized spacial score (nSPS) is 11.8. The molecule has 0 bridgehead atoms. The van der Waals surface area contributed by atoms with Gasteiger partial charge in [0.25, 0.3) is 0 Å². The van der Waals surface area contributed by atoms with Gasteiger partial charge in [0.1, 0.15) is 5.69 Å². The Bertz CT molecular complexity index is 531. The van der Waals surface area contributed by atoms with Crippen LogP contribution in [0.2, 0.25) is 0 Å². The summed E-state index contributed by atoms with van der Waals surface area (Å²) in [5.74, 6) is 0. The Hall–Kier alpha value is -0.860. The highest BCUT2D eigenvalue weighted by atomic mass is 32.3. The first-order valence-corrected chi connectivity index (χ1v) is 6.43. The van der Waals surface area contributed by atoms with E-state index in [9.17, 15) is 12.3 Å². The summed E-state index contributed by atoms with van der Waals surface area (Å²) in [5.41, 5.74) is 0.565. The van der Waals surface area contributed by atoms with Gasteiger partial charge in [0.15, 0.2) is 4.21 Å². The molecule has 0 fully saturated rings. The fourth-order valence-corrected chi connectivity index (χ4v) is 2.98. The Morgan fingerprint density at radius 1 is 1.36 bits per heavy atom. The Kier molecular flexibility index (Phi) is 2.33. The molecule has 74 valence electrons. The van der Waals surface area contributed by atoms with Crippen molar-refractivity contribution in [2.75, 3.05) is 0 Å². The van der Waals surface area contributed by atoms with Gasteiger partial charge in [-0.15, -0.1) is 16.4 Å².